The SMILES string of the molecule is OCC1CCC2CC1O2. The summed E-state index contributed by atoms with van der Waals surface area (Å²) < 4.78 is 5.42. The van der Waals surface area contributed by atoms with Crippen molar-refractivity contribution in [2.24, 2.45) is 5.92 Å². The third-order valence-electron chi connectivity index (χ3n) is 2.48. The standard InChI is InChI=1S/C7H12O2/c8-4-5-1-2-6-3-7(5)9-6/h5-8H,1-4H2. The van der Waals surface area contributed by atoms with Crippen LogP contribution in [0.3, 0.4) is 0 Å². The fourth-order valence-corrected chi connectivity index (χ4v) is 1.78. The van der Waals surface area contributed by atoms with Gasteiger partial charge >= 0.3 is 0 Å². The molecular formula is C7H12O2. The molecule has 2 saturated heterocycles. The largest absolute Gasteiger partial charge is 0.396 e. The number of aliphatic hydroxyl groups excluding tert-OH is 1. The molecule has 3 fully saturated rings. The molecule has 0 aromatic rings. The van der Waals surface area contributed by atoms with Gasteiger partial charge in [0, 0.05) is 18.9 Å². The zero-order valence-corrected chi connectivity index (χ0v) is 5.42. The lowest BCUT2D eigenvalue weighted by molar-refractivity contribution is -0.191. The van der Waals surface area contributed by atoms with Crippen LogP contribution in [-0.4, -0.2) is 23.9 Å². The summed E-state index contributed by atoms with van der Waals surface area (Å²) in [5.74, 6) is 0.454. The fourth-order valence-electron chi connectivity index (χ4n) is 1.78. The lowest BCUT2D eigenvalue weighted by atomic mass is 9.80. The van der Waals surface area contributed by atoms with E-state index in [-0.39, 0.29) is 0 Å². The van der Waals surface area contributed by atoms with Gasteiger partial charge in [0.1, 0.15) is 0 Å². The van der Waals surface area contributed by atoms with Crippen LogP contribution in [0, 0.1) is 5.92 Å². The Balaban J connectivity index is 1.94. The summed E-state index contributed by atoms with van der Waals surface area (Å²) >= 11 is 0. The normalized spacial score (nSPS) is 48.3. The summed E-state index contributed by atoms with van der Waals surface area (Å²) in [6.07, 6.45) is 4.50. The highest BCUT2D eigenvalue weighted by molar-refractivity contribution is 4.89. The zero-order chi connectivity index (χ0) is 6.27. The lowest BCUT2D eigenvalue weighted by Crippen LogP contribution is -2.48. The van der Waals surface area contributed by atoms with Crippen LogP contribution in [0.1, 0.15) is 19.3 Å². The topological polar surface area (TPSA) is 29.5 Å². The summed E-state index contributed by atoms with van der Waals surface area (Å²) in [7, 11) is 0. The van der Waals surface area contributed by atoms with E-state index in [0.717, 1.165) is 0 Å². The van der Waals surface area contributed by atoms with Gasteiger partial charge in [-0.15, -0.1) is 0 Å². The Morgan fingerprint density at radius 1 is 1.44 bits per heavy atom. The molecule has 0 aromatic heterocycles. The molecule has 2 nitrogen and oxygen atoms in total. The van der Waals surface area contributed by atoms with E-state index in [2.05, 4.69) is 0 Å². The first-order valence-electron chi connectivity index (χ1n) is 3.66. The van der Waals surface area contributed by atoms with Crippen LogP contribution in [0.2, 0.25) is 0 Å². The van der Waals surface area contributed by atoms with Crippen molar-refractivity contribution in [1.29, 1.82) is 0 Å². The van der Waals surface area contributed by atoms with Gasteiger partial charge in [-0.3, -0.25) is 0 Å². The summed E-state index contributed by atoms with van der Waals surface area (Å²) in [4.78, 5) is 0. The molecule has 2 heterocycles. The smallest absolute Gasteiger partial charge is 0.0653 e. The van der Waals surface area contributed by atoms with Crippen molar-refractivity contribution in [2.45, 2.75) is 31.5 Å². The fraction of sp³-hybridized carbons (Fsp3) is 1.00. The van der Waals surface area contributed by atoms with Crippen molar-refractivity contribution in [3.63, 3.8) is 0 Å². The molecule has 3 unspecified atom stereocenters. The van der Waals surface area contributed by atoms with Crippen LogP contribution in [0.25, 0.3) is 0 Å². The quantitative estimate of drug-likeness (QED) is 0.558. The second kappa shape index (κ2) is 1.96. The van der Waals surface area contributed by atoms with Crippen LogP contribution in [-0.2, 0) is 4.74 Å². The van der Waals surface area contributed by atoms with E-state index in [1.54, 1.807) is 0 Å². The minimum Gasteiger partial charge on any atom is -0.396 e. The second-order valence-electron chi connectivity index (χ2n) is 3.05. The maximum atomic E-state index is 8.81. The molecule has 52 valence electrons. The molecule has 9 heavy (non-hydrogen) atoms. The van der Waals surface area contributed by atoms with E-state index in [1.807, 2.05) is 0 Å². The van der Waals surface area contributed by atoms with Gasteiger partial charge < -0.3 is 9.84 Å². The Morgan fingerprint density at radius 3 is 2.56 bits per heavy atom. The Hall–Kier alpha value is -0.0800. The van der Waals surface area contributed by atoms with E-state index in [4.69, 9.17) is 9.84 Å². The van der Waals surface area contributed by atoms with Crippen molar-refractivity contribution >= 4 is 0 Å². The maximum absolute atomic E-state index is 8.81. The zero-order valence-electron chi connectivity index (χ0n) is 5.42. The molecule has 1 saturated carbocycles. The number of aliphatic hydroxyl groups is 1. The number of hydrogen-bond donors (Lipinski definition) is 1. The average Bonchev–Trinajstić information content (AvgIpc) is 1.86. The van der Waals surface area contributed by atoms with E-state index in [0.29, 0.717) is 24.7 Å². The third-order valence-corrected chi connectivity index (χ3v) is 2.48. The van der Waals surface area contributed by atoms with Crippen LogP contribution < -0.4 is 0 Å². The van der Waals surface area contributed by atoms with Crippen molar-refractivity contribution in [3.05, 3.63) is 0 Å². The Labute approximate surface area is 54.8 Å². The van der Waals surface area contributed by atoms with E-state index >= 15 is 0 Å². The molecular weight excluding hydrogens is 116 g/mol. The number of rotatable bonds is 1. The molecule has 2 aliphatic heterocycles. The van der Waals surface area contributed by atoms with Gasteiger partial charge in [0.05, 0.1) is 12.2 Å². The van der Waals surface area contributed by atoms with E-state index < -0.39 is 0 Å². The van der Waals surface area contributed by atoms with Gasteiger partial charge in [-0.05, 0) is 12.8 Å². The summed E-state index contributed by atoms with van der Waals surface area (Å²) in [5, 5.41) is 8.81. The Morgan fingerprint density at radius 2 is 2.22 bits per heavy atom. The average molecular weight is 128 g/mol. The van der Waals surface area contributed by atoms with Gasteiger partial charge in [-0.2, -0.15) is 0 Å². The molecule has 3 rings (SSSR count). The Bertz CT molecular complexity index is 105. The van der Waals surface area contributed by atoms with Gasteiger partial charge in [0.25, 0.3) is 0 Å². The van der Waals surface area contributed by atoms with Gasteiger partial charge in [0.15, 0.2) is 0 Å². The van der Waals surface area contributed by atoms with Crippen LogP contribution in [0.5, 0.6) is 0 Å². The van der Waals surface area contributed by atoms with Crippen LogP contribution in [0.15, 0.2) is 0 Å². The molecule has 3 atom stereocenters. The maximum Gasteiger partial charge on any atom is 0.0653 e. The van der Waals surface area contributed by atoms with Crippen molar-refractivity contribution < 1.29 is 9.84 Å². The molecule has 3 aliphatic rings. The highest BCUT2D eigenvalue weighted by Gasteiger charge is 2.40. The third kappa shape index (κ3) is 0.775. The van der Waals surface area contributed by atoms with Crippen LogP contribution >= 0.6 is 0 Å². The van der Waals surface area contributed by atoms with E-state index in [1.165, 1.54) is 19.3 Å². The number of hydrogen-bond acceptors (Lipinski definition) is 2. The minimum atomic E-state index is 0.317. The van der Waals surface area contributed by atoms with Gasteiger partial charge in [-0.1, -0.05) is 0 Å². The highest BCUT2D eigenvalue weighted by atomic mass is 16.5. The molecule has 0 radical (unpaired) electrons. The monoisotopic (exact) mass is 128 g/mol. The predicted molar refractivity (Wildman–Crippen MR) is 33.1 cm³/mol. The van der Waals surface area contributed by atoms with Crippen molar-refractivity contribution in [2.75, 3.05) is 6.61 Å². The first-order valence-corrected chi connectivity index (χ1v) is 3.66. The molecule has 0 amide bonds. The first kappa shape index (κ1) is 5.69. The lowest BCUT2D eigenvalue weighted by Gasteiger charge is -2.46. The number of ether oxygens (including phenoxy) is 1. The van der Waals surface area contributed by atoms with E-state index in [9.17, 15) is 0 Å². The van der Waals surface area contributed by atoms with Crippen molar-refractivity contribution in [1.82, 2.24) is 0 Å². The molecule has 0 spiro atoms. The molecule has 0 aromatic carbocycles. The van der Waals surface area contributed by atoms with Crippen molar-refractivity contribution in [3.8, 4) is 0 Å². The van der Waals surface area contributed by atoms with Crippen LogP contribution in [0.4, 0.5) is 0 Å². The predicted octanol–water partition coefficient (Wildman–Crippen LogP) is 0.546. The first-order chi connectivity index (χ1) is 4.40. The molecule has 1 aliphatic carbocycles. The Kier molecular flexibility index (Phi) is 1.24. The summed E-state index contributed by atoms with van der Waals surface area (Å²) in [6, 6.07) is 0. The molecule has 2 bridgehead atoms. The number of fused-ring (bicyclic) bond motifs is 2. The van der Waals surface area contributed by atoms with Gasteiger partial charge in [0.2, 0.25) is 0 Å². The molecule has 1 N–H and O–H groups in total. The molecule has 2 heteroatoms. The summed E-state index contributed by atoms with van der Waals surface area (Å²) in [5.41, 5.74) is 0. The van der Waals surface area contributed by atoms with Gasteiger partial charge in [-0.25, -0.2) is 0 Å². The second-order valence-corrected chi connectivity index (χ2v) is 3.05. The summed E-state index contributed by atoms with van der Waals surface area (Å²) in [6.45, 7) is 0.317. The highest BCUT2D eigenvalue weighted by Crippen LogP contribution is 2.38. The minimum absolute atomic E-state index is 0.317.